The van der Waals surface area contributed by atoms with Crippen molar-refractivity contribution in [3.05, 3.63) is 35.9 Å². The summed E-state index contributed by atoms with van der Waals surface area (Å²) in [5.41, 5.74) is 1.07. The molecule has 0 amide bonds. The summed E-state index contributed by atoms with van der Waals surface area (Å²) in [6.07, 6.45) is 3.17. The van der Waals surface area contributed by atoms with Gasteiger partial charge in [0.1, 0.15) is 0 Å². The lowest BCUT2D eigenvalue weighted by atomic mass is 10.0. The third kappa shape index (κ3) is 4.30. The van der Waals surface area contributed by atoms with E-state index in [4.69, 9.17) is 0 Å². The zero-order valence-corrected chi connectivity index (χ0v) is 14.2. The summed E-state index contributed by atoms with van der Waals surface area (Å²) in [4.78, 5) is 0. The second kappa shape index (κ2) is 7.05. The molecular weight excluding hydrogens is 338 g/mol. The van der Waals surface area contributed by atoms with Crippen molar-refractivity contribution < 1.29 is 8.42 Å². The molecule has 1 aromatic rings. The summed E-state index contributed by atoms with van der Waals surface area (Å²) in [5.74, 6) is 0.594. The lowest BCUT2D eigenvalue weighted by molar-refractivity contribution is 0.482. The summed E-state index contributed by atoms with van der Waals surface area (Å²) in [7, 11) is -3.23. The molecule has 1 N–H and O–H groups in total. The fourth-order valence-electron chi connectivity index (χ4n) is 2.86. The largest absolute Gasteiger partial charge is 0.212 e. The Morgan fingerprint density at radius 3 is 2.65 bits per heavy atom. The molecule has 3 unspecified atom stereocenters. The van der Waals surface area contributed by atoms with Crippen LogP contribution in [0.15, 0.2) is 30.3 Å². The van der Waals surface area contributed by atoms with Crippen molar-refractivity contribution in [3.8, 4) is 0 Å². The molecule has 3 nitrogen and oxygen atoms in total. The van der Waals surface area contributed by atoms with Crippen LogP contribution in [0.1, 0.15) is 37.7 Å². The number of halogens is 1. The van der Waals surface area contributed by atoms with Gasteiger partial charge in [-0.15, -0.1) is 0 Å². The minimum atomic E-state index is -3.23. The van der Waals surface area contributed by atoms with Crippen molar-refractivity contribution in [2.75, 3.05) is 11.1 Å². The Labute approximate surface area is 130 Å². The predicted octanol–water partition coefficient (Wildman–Crippen LogP) is 3.27. The van der Waals surface area contributed by atoms with Crippen LogP contribution < -0.4 is 4.72 Å². The fraction of sp³-hybridized carbons (Fsp3) is 0.600. The zero-order chi connectivity index (χ0) is 14.6. The Kier molecular flexibility index (Phi) is 5.64. The highest BCUT2D eigenvalue weighted by Crippen LogP contribution is 2.28. The number of rotatable bonds is 6. The molecule has 1 aliphatic carbocycles. The van der Waals surface area contributed by atoms with E-state index in [-0.39, 0.29) is 17.7 Å². The Morgan fingerprint density at radius 2 is 2.00 bits per heavy atom. The highest BCUT2D eigenvalue weighted by atomic mass is 79.9. The Balaban J connectivity index is 1.97. The van der Waals surface area contributed by atoms with E-state index in [0.717, 1.165) is 30.2 Å². The summed E-state index contributed by atoms with van der Waals surface area (Å²) in [6, 6.07) is 9.91. The van der Waals surface area contributed by atoms with Gasteiger partial charge in [0, 0.05) is 11.4 Å². The van der Waals surface area contributed by atoms with Gasteiger partial charge in [-0.3, -0.25) is 0 Å². The molecule has 5 heteroatoms. The topological polar surface area (TPSA) is 46.2 Å². The highest BCUT2D eigenvalue weighted by molar-refractivity contribution is 9.09. The van der Waals surface area contributed by atoms with Gasteiger partial charge in [-0.25, -0.2) is 13.1 Å². The standard InChI is InChI=1S/C15H22BrNO2S/c1-12(13-6-3-2-4-7-13)11-20(18,19)17-15-9-5-8-14(15)10-16/h2-4,6-7,12,14-15,17H,5,8-11H2,1H3. The van der Waals surface area contributed by atoms with Gasteiger partial charge >= 0.3 is 0 Å². The van der Waals surface area contributed by atoms with Crippen LogP contribution in [0.4, 0.5) is 0 Å². The van der Waals surface area contributed by atoms with Crippen LogP contribution >= 0.6 is 15.9 Å². The monoisotopic (exact) mass is 359 g/mol. The van der Waals surface area contributed by atoms with Gasteiger partial charge in [-0.1, -0.05) is 59.6 Å². The molecule has 1 aliphatic rings. The first-order valence-corrected chi connectivity index (χ1v) is 9.90. The van der Waals surface area contributed by atoms with E-state index in [2.05, 4.69) is 20.7 Å². The maximum atomic E-state index is 12.3. The van der Waals surface area contributed by atoms with E-state index in [0.29, 0.717) is 5.92 Å². The molecule has 0 saturated heterocycles. The van der Waals surface area contributed by atoms with Crippen LogP contribution in [0.3, 0.4) is 0 Å². The minimum absolute atomic E-state index is 0.0116. The van der Waals surface area contributed by atoms with Gasteiger partial charge < -0.3 is 0 Å². The summed E-state index contributed by atoms with van der Waals surface area (Å²) in [6.45, 7) is 1.96. The van der Waals surface area contributed by atoms with Gasteiger partial charge in [0.05, 0.1) is 5.75 Å². The van der Waals surface area contributed by atoms with Crippen molar-refractivity contribution in [2.24, 2.45) is 5.92 Å². The van der Waals surface area contributed by atoms with E-state index in [1.165, 1.54) is 0 Å². The lowest BCUT2D eigenvalue weighted by Gasteiger charge is -2.20. The molecule has 0 radical (unpaired) electrons. The highest BCUT2D eigenvalue weighted by Gasteiger charge is 2.30. The summed E-state index contributed by atoms with van der Waals surface area (Å²) in [5, 5.41) is 0.869. The van der Waals surface area contributed by atoms with Gasteiger partial charge in [-0.2, -0.15) is 0 Å². The SMILES string of the molecule is CC(CS(=O)(=O)NC1CCCC1CBr)c1ccccc1. The molecule has 3 atom stereocenters. The van der Waals surface area contributed by atoms with Crippen molar-refractivity contribution >= 4 is 26.0 Å². The van der Waals surface area contributed by atoms with Gasteiger partial charge in [0.25, 0.3) is 0 Å². The molecule has 1 aromatic carbocycles. The summed E-state index contributed by atoms with van der Waals surface area (Å²) < 4.78 is 27.5. The zero-order valence-electron chi connectivity index (χ0n) is 11.8. The molecular formula is C15H22BrNO2S. The van der Waals surface area contributed by atoms with Crippen molar-refractivity contribution in [1.29, 1.82) is 0 Å². The van der Waals surface area contributed by atoms with E-state index in [1.807, 2.05) is 37.3 Å². The molecule has 0 heterocycles. The van der Waals surface area contributed by atoms with Crippen molar-refractivity contribution in [1.82, 2.24) is 4.72 Å². The Morgan fingerprint density at radius 1 is 1.30 bits per heavy atom. The lowest BCUT2D eigenvalue weighted by Crippen LogP contribution is -2.40. The first kappa shape index (κ1) is 16.0. The number of hydrogen-bond acceptors (Lipinski definition) is 2. The fourth-order valence-corrected chi connectivity index (χ4v) is 5.36. The van der Waals surface area contributed by atoms with Gasteiger partial charge in [0.15, 0.2) is 0 Å². The second-order valence-corrected chi connectivity index (χ2v) is 8.11. The molecule has 1 saturated carbocycles. The van der Waals surface area contributed by atoms with E-state index < -0.39 is 10.0 Å². The molecule has 20 heavy (non-hydrogen) atoms. The molecule has 0 spiro atoms. The third-order valence-electron chi connectivity index (χ3n) is 4.03. The average molecular weight is 360 g/mol. The van der Waals surface area contributed by atoms with Gasteiger partial charge in [0.2, 0.25) is 10.0 Å². The van der Waals surface area contributed by atoms with E-state index in [9.17, 15) is 8.42 Å². The third-order valence-corrected chi connectivity index (χ3v) is 6.46. The Bertz CT molecular complexity index is 518. The first-order valence-electron chi connectivity index (χ1n) is 7.13. The van der Waals surface area contributed by atoms with Crippen LogP contribution in [0, 0.1) is 5.92 Å². The first-order chi connectivity index (χ1) is 9.52. The van der Waals surface area contributed by atoms with Crippen LogP contribution in [-0.2, 0) is 10.0 Å². The smallest absolute Gasteiger partial charge is 0.212 e. The maximum Gasteiger partial charge on any atom is 0.212 e. The quantitative estimate of drug-likeness (QED) is 0.792. The Hall–Kier alpha value is -0.390. The number of sulfonamides is 1. The molecule has 112 valence electrons. The van der Waals surface area contributed by atoms with Crippen LogP contribution in [0.2, 0.25) is 0 Å². The number of benzene rings is 1. The second-order valence-electron chi connectivity index (χ2n) is 5.66. The normalized spacial score (nSPS) is 24.7. The molecule has 0 bridgehead atoms. The van der Waals surface area contributed by atoms with Crippen LogP contribution in [-0.4, -0.2) is 25.5 Å². The van der Waals surface area contributed by atoms with E-state index in [1.54, 1.807) is 0 Å². The minimum Gasteiger partial charge on any atom is -0.212 e. The maximum absolute atomic E-state index is 12.3. The van der Waals surface area contributed by atoms with Crippen molar-refractivity contribution in [3.63, 3.8) is 0 Å². The number of nitrogens with one attached hydrogen (secondary N) is 1. The summed E-state index contributed by atoms with van der Waals surface area (Å²) >= 11 is 3.48. The van der Waals surface area contributed by atoms with E-state index >= 15 is 0 Å². The molecule has 0 aromatic heterocycles. The number of alkyl halides is 1. The molecule has 2 rings (SSSR count). The average Bonchev–Trinajstić information content (AvgIpc) is 2.85. The van der Waals surface area contributed by atoms with Crippen molar-refractivity contribution in [2.45, 2.75) is 38.1 Å². The number of hydrogen-bond donors (Lipinski definition) is 1. The van der Waals surface area contributed by atoms with Crippen LogP contribution in [0.5, 0.6) is 0 Å². The molecule has 1 fully saturated rings. The molecule has 0 aliphatic heterocycles. The predicted molar refractivity (Wildman–Crippen MR) is 86.7 cm³/mol. The van der Waals surface area contributed by atoms with Crippen LogP contribution in [0.25, 0.3) is 0 Å². The van der Waals surface area contributed by atoms with Gasteiger partial charge in [-0.05, 0) is 30.2 Å².